The third-order valence-electron chi connectivity index (χ3n) is 4.66. The molecule has 1 fully saturated rings. The van der Waals surface area contributed by atoms with Crippen LogP contribution in [0, 0.1) is 22.8 Å². The van der Waals surface area contributed by atoms with Gasteiger partial charge in [0.15, 0.2) is 11.8 Å². The van der Waals surface area contributed by atoms with Crippen molar-refractivity contribution in [3.63, 3.8) is 0 Å². The average molecular weight is 328 g/mol. The summed E-state index contributed by atoms with van der Waals surface area (Å²) in [6, 6.07) is 11.6. The number of nitriles is 2. The topological polar surface area (TPSA) is 92.4 Å². The fourth-order valence-electron chi connectivity index (χ4n) is 3.40. The Bertz CT molecular complexity index is 1010. The molecule has 1 aliphatic heterocycles. The summed E-state index contributed by atoms with van der Waals surface area (Å²) in [6.45, 7) is 1.51. The maximum Gasteiger partial charge on any atom is 0.179 e. The Morgan fingerprint density at radius 3 is 3.00 bits per heavy atom. The third kappa shape index (κ3) is 2.79. The van der Waals surface area contributed by atoms with E-state index in [4.69, 9.17) is 15.5 Å². The van der Waals surface area contributed by atoms with Gasteiger partial charge in [0.2, 0.25) is 0 Å². The molecule has 3 heterocycles. The van der Waals surface area contributed by atoms with Gasteiger partial charge in [0, 0.05) is 30.8 Å². The molecule has 0 bridgehead atoms. The molecule has 4 rings (SSSR count). The van der Waals surface area contributed by atoms with E-state index in [1.54, 1.807) is 17.2 Å². The Balaban J connectivity index is 1.76. The van der Waals surface area contributed by atoms with E-state index in [1.807, 2.05) is 24.3 Å². The van der Waals surface area contributed by atoms with Crippen molar-refractivity contribution < 1.29 is 0 Å². The van der Waals surface area contributed by atoms with E-state index in [0.717, 1.165) is 47.5 Å². The van der Waals surface area contributed by atoms with Crippen molar-refractivity contribution in [2.24, 2.45) is 0 Å². The molecule has 1 aliphatic rings. The number of nitrogens with zero attached hydrogens (tertiary/aromatic N) is 5. The summed E-state index contributed by atoms with van der Waals surface area (Å²) in [6.07, 6.45) is 5.98. The highest BCUT2D eigenvalue weighted by Crippen LogP contribution is 2.30. The summed E-state index contributed by atoms with van der Waals surface area (Å²) in [5.74, 6) is 1.09. The normalized spacial score (nSPS) is 17.2. The Morgan fingerprint density at radius 2 is 2.16 bits per heavy atom. The zero-order valence-electron chi connectivity index (χ0n) is 13.6. The molecule has 0 amide bonds. The second kappa shape index (κ2) is 6.26. The average Bonchev–Trinajstić information content (AvgIpc) is 3.12. The number of aromatic nitrogens is 3. The number of benzene rings is 1. The van der Waals surface area contributed by atoms with Crippen LogP contribution in [0.1, 0.15) is 30.1 Å². The van der Waals surface area contributed by atoms with Gasteiger partial charge in [0.05, 0.1) is 11.6 Å². The highest BCUT2D eigenvalue weighted by Gasteiger charge is 2.24. The Hall–Kier alpha value is -3.38. The van der Waals surface area contributed by atoms with Gasteiger partial charge in [-0.25, -0.2) is 9.97 Å². The van der Waals surface area contributed by atoms with Crippen LogP contribution in [0.25, 0.3) is 22.3 Å². The predicted octanol–water partition coefficient (Wildman–Crippen LogP) is 3.16. The molecule has 25 heavy (non-hydrogen) atoms. The number of rotatable bonds is 2. The number of imidazole rings is 1. The number of pyridine rings is 1. The van der Waals surface area contributed by atoms with E-state index in [-0.39, 0.29) is 5.92 Å². The van der Waals surface area contributed by atoms with Gasteiger partial charge in [0.1, 0.15) is 11.3 Å². The van der Waals surface area contributed by atoms with Gasteiger partial charge in [-0.3, -0.25) is 0 Å². The lowest BCUT2D eigenvalue weighted by molar-refractivity contribution is 0.286. The fraction of sp³-hybridized carbons (Fsp3) is 0.263. The van der Waals surface area contributed by atoms with Crippen LogP contribution in [0.2, 0.25) is 0 Å². The molecule has 1 aromatic carbocycles. The van der Waals surface area contributed by atoms with E-state index < -0.39 is 0 Å². The molecule has 0 spiro atoms. The molecule has 0 aliphatic carbocycles. The van der Waals surface area contributed by atoms with Gasteiger partial charge < -0.3 is 9.88 Å². The third-order valence-corrected chi connectivity index (χ3v) is 4.66. The van der Waals surface area contributed by atoms with E-state index in [9.17, 15) is 0 Å². The van der Waals surface area contributed by atoms with Crippen LogP contribution in [0.5, 0.6) is 0 Å². The maximum absolute atomic E-state index is 9.14. The summed E-state index contributed by atoms with van der Waals surface area (Å²) in [5.41, 5.74) is 4.07. The van der Waals surface area contributed by atoms with Gasteiger partial charge in [-0.1, -0.05) is 12.1 Å². The van der Waals surface area contributed by atoms with Crippen molar-refractivity contribution >= 4 is 11.2 Å². The predicted molar refractivity (Wildman–Crippen MR) is 93.2 cm³/mol. The fourth-order valence-corrected chi connectivity index (χ4v) is 3.40. The summed E-state index contributed by atoms with van der Waals surface area (Å²) < 4.78 is 0. The second-order valence-corrected chi connectivity index (χ2v) is 6.26. The molecular formula is C19H16N6. The van der Waals surface area contributed by atoms with Crippen LogP contribution < -0.4 is 0 Å². The molecule has 1 N–H and O–H groups in total. The lowest BCUT2D eigenvalue weighted by Crippen LogP contribution is -2.30. The van der Waals surface area contributed by atoms with Gasteiger partial charge in [0.25, 0.3) is 0 Å². The second-order valence-electron chi connectivity index (χ2n) is 6.26. The van der Waals surface area contributed by atoms with Gasteiger partial charge in [-0.2, -0.15) is 10.5 Å². The summed E-state index contributed by atoms with van der Waals surface area (Å²) in [7, 11) is 0. The Morgan fingerprint density at radius 1 is 1.24 bits per heavy atom. The molecule has 1 unspecified atom stereocenters. The number of fused-ring (bicyclic) bond motifs is 1. The van der Waals surface area contributed by atoms with Gasteiger partial charge in [-0.15, -0.1) is 0 Å². The van der Waals surface area contributed by atoms with Crippen molar-refractivity contribution in [1.82, 2.24) is 19.9 Å². The Labute approximate surface area is 145 Å². The summed E-state index contributed by atoms with van der Waals surface area (Å²) >= 11 is 0. The minimum absolute atomic E-state index is 0.209. The van der Waals surface area contributed by atoms with E-state index in [0.29, 0.717) is 12.1 Å². The quantitative estimate of drug-likeness (QED) is 0.729. The lowest BCUT2D eigenvalue weighted by atomic mass is 9.98. The monoisotopic (exact) mass is 328 g/mol. The number of hydrogen-bond donors (Lipinski definition) is 1. The minimum Gasteiger partial charge on any atom is -0.326 e. The summed E-state index contributed by atoms with van der Waals surface area (Å²) in [4.78, 5) is 14.3. The number of nitrogens with one attached hydrogen (secondary N) is 1. The first-order valence-electron chi connectivity index (χ1n) is 8.28. The smallest absolute Gasteiger partial charge is 0.179 e. The van der Waals surface area contributed by atoms with Crippen LogP contribution in [0.4, 0.5) is 0 Å². The molecule has 1 saturated heterocycles. The lowest BCUT2D eigenvalue weighted by Gasteiger charge is -2.27. The van der Waals surface area contributed by atoms with Gasteiger partial charge >= 0.3 is 0 Å². The first-order chi connectivity index (χ1) is 12.3. The number of likely N-dealkylation sites (tertiary alicyclic amines) is 1. The molecule has 122 valence electrons. The van der Waals surface area contributed by atoms with E-state index >= 15 is 0 Å². The van der Waals surface area contributed by atoms with Crippen LogP contribution >= 0.6 is 0 Å². The van der Waals surface area contributed by atoms with Gasteiger partial charge in [-0.05, 0) is 36.6 Å². The van der Waals surface area contributed by atoms with Crippen molar-refractivity contribution in [3.8, 4) is 23.4 Å². The van der Waals surface area contributed by atoms with E-state index in [2.05, 4.69) is 22.2 Å². The molecule has 3 aromatic rings. The zero-order valence-corrected chi connectivity index (χ0v) is 13.6. The van der Waals surface area contributed by atoms with Crippen LogP contribution in [-0.2, 0) is 0 Å². The standard InChI is InChI=1S/C19H16N6/c20-10-13-3-1-4-14(9-13)16-6-7-22-19-17(16)23-18(24-19)15-5-2-8-25(11-15)12-21/h1,3-4,6-7,9,15H,2,5,8,11H2,(H,22,23,24). The minimum atomic E-state index is 0.209. The maximum atomic E-state index is 9.14. The number of piperidine rings is 1. The molecular weight excluding hydrogens is 312 g/mol. The molecule has 0 saturated carbocycles. The van der Waals surface area contributed by atoms with Crippen LogP contribution in [-0.4, -0.2) is 32.9 Å². The molecule has 0 radical (unpaired) electrons. The van der Waals surface area contributed by atoms with Crippen LogP contribution in [0.3, 0.4) is 0 Å². The first-order valence-corrected chi connectivity index (χ1v) is 8.28. The molecule has 6 nitrogen and oxygen atoms in total. The molecule has 6 heteroatoms. The van der Waals surface area contributed by atoms with Crippen molar-refractivity contribution in [1.29, 1.82) is 10.5 Å². The number of H-pyrrole nitrogens is 1. The molecule has 2 aromatic heterocycles. The number of hydrogen-bond acceptors (Lipinski definition) is 5. The zero-order chi connectivity index (χ0) is 17.2. The number of aromatic amines is 1. The highest BCUT2D eigenvalue weighted by molar-refractivity contribution is 5.89. The van der Waals surface area contributed by atoms with Crippen LogP contribution in [0.15, 0.2) is 36.5 Å². The SMILES string of the molecule is N#Cc1cccc(-c2ccnc3[nH]c(C4CCCN(C#N)C4)nc23)c1. The van der Waals surface area contributed by atoms with E-state index in [1.165, 1.54) is 0 Å². The van der Waals surface area contributed by atoms with Crippen molar-refractivity contribution in [2.75, 3.05) is 13.1 Å². The first kappa shape index (κ1) is 15.2. The van der Waals surface area contributed by atoms with Crippen molar-refractivity contribution in [3.05, 3.63) is 47.9 Å². The molecule has 1 atom stereocenters. The summed E-state index contributed by atoms with van der Waals surface area (Å²) in [5, 5.41) is 18.3. The Kier molecular flexibility index (Phi) is 3.80. The largest absolute Gasteiger partial charge is 0.326 e. The van der Waals surface area contributed by atoms with Crippen molar-refractivity contribution in [2.45, 2.75) is 18.8 Å². The highest BCUT2D eigenvalue weighted by atomic mass is 15.1.